The van der Waals surface area contributed by atoms with Crippen LogP contribution in [-0.2, 0) is 0 Å². The molecule has 84 valence electrons. The lowest BCUT2D eigenvalue weighted by Gasteiger charge is -2.02. The highest BCUT2D eigenvalue weighted by Crippen LogP contribution is 2.26. The van der Waals surface area contributed by atoms with Crippen LogP contribution in [0, 0.1) is 0 Å². The van der Waals surface area contributed by atoms with Gasteiger partial charge in [-0.1, -0.05) is 30.3 Å². The Morgan fingerprint density at radius 3 is 2.65 bits per heavy atom. The summed E-state index contributed by atoms with van der Waals surface area (Å²) < 4.78 is 5.24. The van der Waals surface area contributed by atoms with Gasteiger partial charge in [-0.15, -0.1) is 0 Å². The van der Waals surface area contributed by atoms with Crippen LogP contribution < -0.4 is 4.74 Å². The maximum absolute atomic E-state index is 5.24. The molecular weight excluding hydrogens is 210 g/mol. The molecule has 0 aliphatic carbocycles. The third-order valence-electron chi connectivity index (χ3n) is 2.91. The van der Waals surface area contributed by atoms with Crippen molar-refractivity contribution in [2.24, 2.45) is 0 Å². The minimum atomic E-state index is 0.876. The molecule has 0 amide bonds. The van der Waals surface area contributed by atoms with E-state index in [1.807, 2.05) is 30.3 Å². The molecule has 17 heavy (non-hydrogen) atoms. The minimum absolute atomic E-state index is 0.876. The summed E-state index contributed by atoms with van der Waals surface area (Å²) in [5.74, 6) is 0.876. The second kappa shape index (κ2) is 3.98. The Morgan fingerprint density at radius 2 is 1.82 bits per heavy atom. The summed E-state index contributed by atoms with van der Waals surface area (Å²) in [6.45, 7) is 0. The third kappa shape index (κ3) is 1.78. The van der Waals surface area contributed by atoms with Gasteiger partial charge in [0.25, 0.3) is 0 Å². The fourth-order valence-corrected chi connectivity index (χ4v) is 2.02. The molecule has 3 rings (SSSR count). The number of methoxy groups -OCH3 is 1. The topological polar surface area (TPSA) is 25.0 Å². The number of aromatic amines is 1. The van der Waals surface area contributed by atoms with Gasteiger partial charge >= 0.3 is 0 Å². The number of nitrogens with one attached hydrogen (secondary N) is 1. The van der Waals surface area contributed by atoms with Crippen molar-refractivity contribution in [1.29, 1.82) is 0 Å². The van der Waals surface area contributed by atoms with Gasteiger partial charge in [0.05, 0.1) is 7.11 Å². The summed E-state index contributed by atoms with van der Waals surface area (Å²) >= 11 is 0. The fourth-order valence-electron chi connectivity index (χ4n) is 2.02. The monoisotopic (exact) mass is 223 g/mol. The van der Waals surface area contributed by atoms with Crippen molar-refractivity contribution in [3.05, 3.63) is 54.6 Å². The highest BCUT2D eigenvalue weighted by atomic mass is 16.5. The first-order valence-electron chi connectivity index (χ1n) is 5.59. The van der Waals surface area contributed by atoms with Gasteiger partial charge in [-0.25, -0.2) is 0 Å². The maximum Gasteiger partial charge on any atom is 0.119 e. The summed E-state index contributed by atoms with van der Waals surface area (Å²) in [5.41, 5.74) is 3.41. The predicted molar refractivity (Wildman–Crippen MR) is 70.3 cm³/mol. The first-order valence-corrected chi connectivity index (χ1v) is 5.59. The lowest BCUT2D eigenvalue weighted by atomic mass is 10.1. The molecular formula is C15H13NO. The number of rotatable bonds is 2. The van der Waals surface area contributed by atoms with Crippen LogP contribution in [0.1, 0.15) is 0 Å². The molecule has 1 N–H and O–H groups in total. The molecule has 0 spiro atoms. The van der Waals surface area contributed by atoms with E-state index in [9.17, 15) is 0 Å². The highest BCUT2D eigenvalue weighted by Gasteiger charge is 2.03. The van der Waals surface area contributed by atoms with E-state index < -0.39 is 0 Å². The van der Waals surface area contributed by atoms with Crippen LogP contribution in [0.3, 0.4) is 0 Å². The van der Waals surface area contributed by atoms with E-state index in [2.05, 4.69) is 29.2 Å². The summed E-state index contributed by atoms with van der Waals surface area (Å²) in [5, 5.41) is 1.23. The summed E-state index contributed by atoms with van der Waals surface area (Å²) in [6, 6.07) is 18.5. The van der Waals surface area contributed by atoms with Crippen molar-refractivity contribution in [2.45, 2.75) is 0 Å². The smallest absolute Gasteiger partial charge is 0.119 e. The zero-order valence-corrected chi connectivity index (χ0v) is 9.60. The Hall–Kier alpha value is -2.22. The molecule has 0 aliphatic heterocycles. The first-order chi connectivity index (χ1) is 8.36. The number of H-pyrrole nitrogens is 1. The van der Waals surface area contributed by atoms with Crippen molar-refractivity contribution < 1.29 is 4.74 Å². The molecule has 0 bridgehead atoms. The molecule has 1 heterocycles. The molecule has 1 aromatic heterocycles. The molecule has 0 fully saturated rings. The number of ether oxygens (including phenoxy) is 1. The standard InChI is InChI=1S/C15H13NO/c1-17-13-7-4-6-11(9-13)15-10-12-5-2-3-8-14(12)16-15/h2-10,16H,1H3. The van der Waals surface area contributed by atoms with E-state index in [-0.39, 0.29) is 0 Å². The van der Waals surface area contributed by atoms with Crippen LogP contribution in [0.5, 0.6) is 5.75 Å². The summed E-state index contributed by atoms with van der Waals surface area (Å²) in [4.78, 5) is 3.41. The van der Waals surface area contributed by atoms with E-state index in [0.717, 1.165) is 22.5 Å². The summed E-state index contributed by atoms with van der Waals surface area (Å²) in [6.07, 6.45) is 0. The quantitative estimate of drug-likeness (QED) is 0.701. The molecule has 2 heteroatoms. The highest BCUT2D eigenvalue weighted by molar-refractivity contribution is 5.85. The molecule has 2 nitrogen and oxygen atoms in total. The van der Waals surface area contributed by atoms with Crippen LogP contribution in [0.4, 0.5) is 0 Å². The van der Waals surface area contributed by atoms with Crippen molar-refractivity contribution in [1.82, 2.24) is 4.98 Å². The van der Waals surface area contributed by atoms with Gasteiger partial charge in [0.2, 0.25) is 0 Å². The first kappa shape index (κ1) is 9.97. The number of hydrogen-bond donors (Lipinski definition) is 1. The van der Waals surface area contributed by atoms with E-state index in [0.29, 0.717) is 0 Å². The van der Waals surface area contributed by atoms with Crippen LogP contribution in [0.15, 0.2) is 54.6 Å². The Bertz CT molecular complexity index is 622. The third-order valence-corrected chi connectivity index (χ3v) is 2.91. The minimum Gasteiger partial charge on any atom is -0.497 e. The molecule has 0 atom stereocenters. The lowest BCUT2D eigenvalue weighted by Crippen LogP contribution is -1.83. The maximum atomic E-state index is 5.24. The van der Waals surface area contributed by atoms with Crippen LogP contribution in [0.2, 0.25) is 0 Å². The van der Waals surface area contributed by atoms with Gasteiger partial charge in [-0.05, 0) is 24.3 Å². The number of fused-ring (bicyclic) bond motifs is 1. The number of aromatic nitrogens is 1. The number of benzene rings is 2. The van der Waals surface area contributed by atoms with Crippen molar-refractivity contribution in [3.63, 3.8) is 0 Å². The van der Waals surface area contributed by atoms with Gasteiger partial charge < -0.3 is 9.72 Å². The van der Waals surface area contributed by atoms with Crippen molar-refractivity contribution >= 4 is 10.9 Å². The van der Waals surface area contributed by atoms with E-state index in [4.69, 9.17) is 4.74 Å². The van der Waals surface area contributed by atoms with Gasteiger partial charge in [0.15, 0.2) is 0 Å². The van der Waals surface area contributed by atoms with E-state index in [1.165, 1.54) is 5.39 Å². The van der Waals surface area contributed by atoms with Crippen LogP contribution in [0.25, 0.3) is 22.2 Å². The fraction of sp³-hybridized carbons (Fsp3) is 0.0667. The van der Waals surface area contributed by atoms with E-state index >= 15 is 0 Å². The second-order valence-electron chi connectivity index (χ2n) is 4.00. The molecule has 0 saturated heterocycles. The molecule has 0 radical (unpaired) electrons. The van der Waals surface area contributed by atoms with Crippen molar-refractivity contribution in [2.75, 3.05) is 7.11 Å². The second-order valence-corrected chi connectivity index (χ2v) is 4.00. The Labute approximate surface area is 99.9 Å². The Balaban J connectivity index is 2.13. The molecule has 0 unspecified atom stereocenters. The molecule has 0 aliphatic rings. The average molecular weight is 223 g/mol. The SMILES string of the molecule is COc1cccc(-c2cc3ccccc3[nH]2)c1. The summed E-state index contributed by atoms with van der Waals surface area (Å²) in [7, 11) is 1.68. The average Bonchev–Trinajstić information content (AvgIpc) is 2.82. The van der Waals surface area contributed by atoms with Crippen LogP contribution in [-0.4, -0.2) is 12.1 Å². The van der Waals surface area contributed by atoms with Gasteiger partial charge in [-0.3, -0.25) is 0 Å². The van der Waals surface area contributed by atoms with E-state index in [1.54, 1.807) is 7.11 Å². The van der Waals surface area contributed by atoms with Crippen LogP contribution >= 0.6 is 0 Å². The Kier molecular flexibility index (Phi) is 2.33. The zero-order valence-electron chi connectivity index (χ0n) is 9.60. The number of hydrogen-bond acceptors (Lipinski definition) is 1. The zero-order chi connectivity index (χ0) is 11.7. The molecule has 3 aromatic rings. The van der Waals surface area contributed by atoms with Gasteiger partial charge in [0, 0.05) is 22.2 Å². The molecule has 2 aromatic carbocycles. The number of para-hydroxylation sites is 1. The lowest BCUT2D eigenvalue weighted by molar-refractivity contribution is 0.415. The normalized spacial score (nSPS) is 10.6. The Morgan fingerprint density at radius 1 is 0.941 bits per heavy atom. The van der Waals surface area contributed by atoms with Crippen molar-refractivity contribution in [3.8, 4) is 17.0 Å². The predicted octanol–water partition coefficient (Wildman–Crippen LogP) is 3.84. The largest absolute Gasteiger partial charge is 0.497 e. The molecule has 0 saturated carbocycles. The van der Waals surface area contributed by atoms with Gasteiger partial charge in [-0.2, -0.15) is 0 Å². The van der Waals surface area contributed by atoms with Gasteiger partial charge in [0.1, 0.15) is 5.75 Å².